The number of nitrogens with zero attached hydrogens (tertiary/aromatic N) is 2. The average Bonchev–Trinajstić information content (AvgIpc) is 2.18. The zero-order chi connectivity index (χ0) is 11.3. The Bertz CT molecular complexity index is 364. The van der Waals surface area contributed by atoms with E-state index in [0.29, 0.717) is 0 Å². The monoisotopic (exact) mass is 214 g/mol. The van der Waals surface area contributed by atoms with Crippen molar-refractivity contribution in [1.82, 2.24) is 0 Å². The molecule has 0 atom stereocenters. The van der Waals surface area contributed by atoms with E-state index in [4.69, 9.17) is 5.53 Å². The van der Waals surface area contributed by atoms with E-state index in [1.54, 1.807) is 30.3 Å². The minimum absolute atomic E-state index is 0.208. The number of alkyl halides is 3. The van der Waals surface area contributed by atoms with E-state index in [0.717, 1.165) is 5.56 Å². The summed E-state index contributed by atoms with van der Waals surface area (Å²) >= 11 is 0. The zero-order valence-corrected chi connectivity index (χ0v) is 7.83. The summed E-state index contributed by atoms with van der Waals surface area (Å²) in [5.41, 5.74) is 7.84. The zero-order valence-electron chi connectivity index (χ0n) is 7.83. The molecule has 0 amide bonds. The van der Waals surface area contributed by atoms with Crippen molar-refractivity contribution < 1.29 is 18.0 Å². The van der Waals surface area contributed by atoms with Gasteiger partial charge in [0.05, 0.1) is 6.42 Å². The van der Waals surface area contributed by atoms with Gasteiger partial charge in [-0.15, -0.1) is 0 Å². The van der Waals surface area contributed by atoms with E-state index < -0.39 is 11.9 Å². The van der Waals surface area contributed by atoms with Crippen molar-refractivity contribution in [3.05, 3.63) is 41.4 Å². The molecule has 0 spiro atoms. The van der Waals surface area contributed by atoms with Crippen molar-refractivity contribution in [2.75, 3.05) is 0 Å². The fourth-order valence-corrected chi connectivity index (χ4v) is 1.16. The molecule has 0 unspecified atom stereocenters. The van der Waals surface area contributed by atoms with Crippen LogP contribution in [0.1, 0.15) is 12.0 Å². The maximum atomic E-state index is 12.1. The summed E-state index contributed by atoms with van der Waals surface area (Å²) < 4.78 is 36.4. The highest BCUT2D eigenvalue weighted by atomic mass is 19.4. The Morgan fingerprint density at radius 1 is 1.20 bits per heavy atom. The number of benzene rings is 1. The summed E-state index contributed by atoms with van der Waals surface area (Å²) in [5.74, 6) is 0. The van der Waals surface area contributed by atoms with Crippen molar-refractivity contribution in [2.24, 2.45) is 0 Å². The highest BCUT2D eigenvalue weighted by Gasteiger charge is 2.43. The Kier molecular flexibility index (Phi) is 3.63. The van der Waals surface area contributed by atoms with Gasteiger partial charge in [0, 0.05) is 0 Å². The predicted molar refractivity (Wildman–Crippen MR) is 49.4 cm³/mol. The van der Waals surface area contributed by atoms with Gasteiger partial charge in [-0.25, -0.2) is 0 Å². The van der Waals surface area contributed by atoms with E-state index in [-0.39, 0.29) is 12.8 Å². The first-order valence-electron chi connectivity index (χ1n) is 4.36. The number of aryl methyl sites for hydroxylation is 1. The number of hydrogen-bond donors (Lipinski definition) is 0. The van der Waals surface area contributed by atoms with Crippen LogP contribution in [-0.2, 0) is 6.42 Å². The summed E-state index contributed by atoms with van der Waals surface area (Å²) in [6, 6.07) is 8.74. The molecule has 0 bridgehead atoms. The lowest BCUT2D eigenvalue weighted by atomic mass is 10.1. The largest absolute Gasteiger partial charge is 0.490 e. The van der Waals surface area contributed by atoms with Gasteiger partial charge in [-0.2, -0.15) is 18.0 Å². The molecule has 1 rings (SSSR count). The summed E-state index contributed by atoms with van der Waals surface area (Å²) in [6.45, 7) is 0. The van der Waals surface area contributed by atoms with Gasteiger partial charge in [-0.3, -0.25) is 0 Å². The average molecular weight is 214 g/mol. The minimum Gasteiger partial charge on any atom is -0.361 e. The van der Waals surface area contributed by atoms with Crippen LogP contribution in [0.3, 0.4) is 0 Å². The van der Waals surface area contributed by atoms with Crippen LogP contribution in [0, 0.1) is 0 Å². The van der Waals surface area contributed by atoms with E-state index in [1.165, 1.54) is 0 Å². The van der Waals surface area contributed by atoms with Gasteiger partial charge >= 0.3 is 11.9 Å². The van der Waals surface area contributed by atoms with Crippen LogP contribution < -0.4 is 0 Å². The normalized spacial score (nSPS) is 10.9. The van der Waals surface area contributed by atoms with Crippen molar-refractivity contribution in [2.45, 2.75) is 19.0 Å². The van der Waals surface area contributed by atoms with Crippen LogP contribution in [0.15, 0.2) is 30.3 Å². The van der Waals surface area contributed by atoms with Gasteiger partial charge in [-0.1, -0.05) is 30.3 Å². The Labute approximate surface area is 85.0 Å². The molecule has 0 aliphatic rings. The molecular weight excluding hydrogens is 205 g/mol. The third kappa shape index (κ3) is 3.56. The molecule has 80 valence electrons. The molecule has 5 heteroatoms. The third-order valence-electron chi connectivity index (χ3n) is 1.94. The first-order valence-corrected chi connectivity index (χ1v) is 4.36. The van der Waals surface area contributed by atoms with Crippen LogP contribution in [0.5, 0.6) is 0 Å². The smallest absolute Gasteiger partial charge is 0.361 e. The van der Waals surface area contributed by atoms with Crippen LogP contribution in [-0.4, -0.2) is 16.7 Å². The van der Waals surface area contributed by atoms with Crippen molar-refractivity contribution in [3.63, 3.8) is 0 Å². The van der Waals surface area contributed by atoms with Crippen LogP contribution in [0.2, 0.25) is 0 Å². The molecule has 2 nitrogen and oxygen atoms in total. The van der Waals surface area contributed by atoms with Crippen molar-refractivity contribution in [1.29, 1.82) is 0 Å². The highest BCUT2D eigenvalue weighted by molar-refractivity contribution is 5.84. The summed E-state index contributed by atoms with van der Waals surface area (Å²) in [4.78, 5) is 2.27. The molecule has 1 aromatic rings. The fraction of sp³-hybridized carbons (Fsp3) is 0.300. The molecule has 15 heavy (non-hydrogen) atoms. The summed E-state index contributed by atoms with van der Waals surface area (Å²) in [7, 11) is 0. The predicted octanol–water partition coefficient (Wildman–Crippen LogP) is 2.85. The number of rotatable bonds is 3. The van der Waals surface area contributed by atoms with Gasteiger partial charge in [0.2, 0.25) is 0 Å². The molecule has 0 N–H and O–H groups in total. The van der Waals surface area contributed by atoms with E-state index in [2.05, 4.69) is 4.79 Å². The van der Waals surface area contributed by atoms with Gasteiger partial charge in [0.25, 0.3) is 0 Å². The lowest BCUT2D eigenvalue weighted by Gasteiger charge is -2.01. The molecule has 0 radical (unpaired) electrons. The van der Waals surface area contributed by atoms with Gasteiger partial charge in [0.1, 0.15) is 0 Å². The molecule has 0 aromatic heterocycles. The molecule has 0 saturated carbocycles. The maximum Gasteiger partial charge on any atom is 0.490 e. The van der Waals surface area contributed by atoms with E-state index >= 15 is 0 Å². The van der Waals surface area contributed by atoms with Crippen molar-refractivity contribution in [3.8, 4) is 0 Å². The first kappa shape index (κ1) is 11.5. The molecule has 0 aliphatic heterocycles. The fourth-order valence-electron chi connectivity index (χ4n) is 1.16. The molecule has 0 heterocycles. The SMILES string of the molecule is [N-]=[N+]=C(CCc1ccccc1)C(F)(F)F. The second kappa shape index (κ2) is 4.75. The minimum atomic E-state index is -4.55. The Morgan fingerprint density at radius 2 is 1.80 bits per heavy atom. The topological polar surface area (TPSA) is 36.4 Å². The number of hydrogen-bond acceptors (Lipinski definition) is 0. The Morgan fingerprint density at radius 3 is 2.27 bits per heavy atom. The molecule has 0 fully saturated rings. The lowest BCUT2D eigenvalue weighted by Crippen LogP contribution is -2.24. The third-order valence-corrected chi connectivity index (χ3v) is 1.94. The molecule has 0 aliphatic carbocycles. The Hall–Kier alpha value is -1.61. The second-order valence-electron chi connectivity index (χ2n) is 3.03. The maximum absolute atomic E-state index is 12.1. The van der Waals surface area contributed by atoms with E-state index in [9.17, 15) is 13.2 Å². The van der Waals surface area contributed by atoms with Crippen LogP contribution in [0.25, 0.3) is 5.53 Å². The van der Waals surface area contributed by atoms with Crippen molar-refractivity contribution >= 4 is 5.71 Å². The van der Waals surface area contributed by atoms with Gasteiger partial charge in [0.15, 0.2) is 0 Å². The molecular formula is C10H9F3N2. The molecule has 1 aromatic carbocycles. The Balaban J connectivity index is 2.61. The highest BCUT2D eigenvalue weighted by Crippen LogP contribution is 2.19. The first-order chi connectivity index (χ1) is 7.04. The van der Waals surface area contributed by atoms with Gasteiger partial charge in [-0.05, 0) is 12.0 Å². The lowest BCUT2D eigenvalue weighted by molar-refractivity contribution is -0.116. The molecule has 0 saturated heterocycles. The van der Waals surface area contributed by atoms with Crippen LogP contribution in [0.4, 0.5) is 13.2 Å². The number of halogens is 3. The summed E-state index contributed by atoms with van der Waals surface area (Å²) in [6.07, 6.45) is -4.66. The second-order valence-corrected chi connectivity index (χ2v) is 3.03. The quantitative estimate of drug-likeness (QED) is 0.421. The summed E-state index contributed by atoms with van der Waals surface area (Å²) in [5, 5.41) is 0. The standard InChI is InChI=1S/C10H9F3N2/c11-10(12,13)9(15-14)7-6-8-4-2-1-3-5-8/h1-5H,6-7H2. The van der Waals surface area contributed by atoms with Gasteiger partial charge < -0.3 is 5.53 Å². The van der Waals surface area contributed by atoms with Crippen LogP contribution >= 0.6 is 0 Å². The van der Waals surface area contributed by atoms with E-state index in [1.807, 2.05) is 0 Å².